The number of hydrogen-bond acceptors (Lipinski definition) is 6. The van der Waals surface area contributed by atoms with Crippen LogP contribution in [0, 0.1) is 5.82 Å². The van der Waals surface area contributed by atoms with E-state index in [1.54, 1.807) is 54.6 Å². The number of aliphatic imine (C=N–C) groups is 1. The van der Waals surface area contributed by atoms with Crippen LogP contribution < -0.4 is 9.47 Å². The number of rotatable bonds is 7. The number of nitrogens with zero attached hydrogens (tertiary/aromatic N) is 1. The molecule has 6 nitrogen and oxygen atoms in total. The van der Waals surface area contributed by atoms with Gasteiger partial charge in [-0.2, -0.15) is 0 Å². The van der Waals surface area contributed by atoms with Gasteiger partial charge in [-0.05, 0) is 48.9 Å². The van der Waals surface area contributed by atoms with Gasteiger partial charge in [0.2, 0.25) is 0 Å². The fourth-order valence-electron chi connectivity index (χ4n) is 2.85. The monoisotopic (exact) mass is 407 g/mol. The fourth-order valence-corrected chi connectivity index (χ4v) is 2.85. The van der Waals surface area contributed by atoms with Gasteiger partial charge in [0.1, 0.15) is 12.4 Å². The van der Waals surface area contributed by atoms with Gasteiger partial charge in [0.25, 0.3) is 5.90 Å². The lowest BCUT2D eigenvalue weighted by Gasteiger charge is -2.13. The van der Waals surface area contributed by atoms with E-state index in [9.17, 15) is 9.18 Å². The van der Waals surface area contributed by atoms with Crippen LogP contribution in [0.25, 0.3) is 6.08 Å². The molecule has 0 unspecified atom stereocenters. The van der Waals surface area contributed by atoms with E-state index in [2.05, 4.69) is 4.99 Å². The molecule has 2 aromatic carbocycles. The van der Waals surface area contributed by atoms with Crippen LogP contribution in [0.15, 0.2) is 76.0 Å². The first-order valence-corrected chi connectivity index (χ1v) is 9.33. The molecule has 0 spiro atoms. The molecule has 0 bridgehead atoms. The number of halogens is 1. The molecule has 4 rings (SSSR count). The van der Waals surface area contributed by atoms with Crippen LogP contribution in [0.5, 0.6) is 11.5 Å². The van der Waals surface area contributed by atoms with Crippen LogP contribution in [-0.2, 0) is 16.1 Å². The average molecular weight is 407 g/mol. The van der Waals surface area contributed by atoms with E-state index < -0.39 is 5.97 Å². The summed E-state index contributed by atoms with van der Waals surface area (Å²) in [5, 5.41) is 0. The van der Waals surface area contributed by atoms with Crippen LogP contribution in [0.4, 0.5) is 4.39 Å². The lowest BCUT2D eigenvalue weighted by atomic mass is 10.1. The second-order valence-electron chi connectivity index (χ2n) is 6.33. The van der Waals surface area contributed by atoms with Crippen LogP contribution >= 0.6 is 0 Å². The number of furan rings is 1. The van der Waals surface area contributed by atoms with E-state index in [-0.39, 0.29) is 24.0 Å². The molecule has 3 aromatic rings. The summed E-state index contributed by atoms with van der Waals surface area (Å²) in [6.07, 6.45) is 3.06. The second kappa shape index (κ2) is 8.65. The van der Waals surface area contributed by atoms with Crippen LogP contribution in [0.1, 0.15) is 23.8 Å². The standard InChI is InChI=1S/C23H18FNO5/c1-2-27-21-13-15(9-10-19(21)29-14-16-6-3-4-7-17(16)24)12-18-23(26)30-22(25-18)20-8-5-11-28-20/h3-13H,2,14H2,1H3/b18-12-. The molecule has 1 aliphatic heterocycles. The highest BCUT2D eigenvalue weighted by atomic mass is 19.1. The Labute approximate surface area is 172 Å². The maximum absolute atomic E-state index is 13.8. The van der Waals surface area contributed by atoms with Gasteiger partial charge in [-0.1, -0.05) is 24.3 Å². The van der Waals surface area contributed by atoms with Crippen molar-refractivity contribution in [1.29, 1.82) is 0 Å². The van der Waals surface area contributed by atoms with E-state index in [1.807, 2.05) is 6.92 Å². The molecule has 0 radical (unpaired) electrons. The minimum absolute atomic E-state index is 0.0658. The first-order chi connectivity index (χ1) is 14.6. The van der Waals surface area contributed by atoms with Crippen molar-refractivity contribution in [2.75, 3.05) is 6.61 Å². The Morgan fingerprint density at radius 2 is 1.93 bits per heavy atom. The van der Waals surface area contributed by atoms with Gasteiger partial charge in [0.15, 0.2) is 23.0 Å². The summed E-state index contributed by atoms with van der Waals surface area (Å²) in [5.74, 6) is 0.534. The summed E-state index contributed by atoms with van der Waals surface area (Å²) in [4.78, 5) is 16.3. The van der Waals surface area contributed by atoms with Crippen LogP contribution in [0.2, 0.25) is 0 Å². The molecule has 7 heteroatoms. The molecule has 30 heavy (non-hydrogen) atoms. The molecule has 0 aliphatic carbocycles. The zero-order chi connectivity index (χ0) is 20.9. The van der Waals surface area contributed by atoms with Crippen molar-refractivity contribution >= 4 is 17.9 Å². The smallest absolute Gasteiger partial charge is 0.363 e. The SMILES string of the molecule is CCOc1cc(/C=C2\N=C(c3ccco3)OC2=O)ccc1OCc1ccccc1F. The Kier molecular flexibility index (Phi) is 5.61. The predicted octanol–water partition coefficient (Wildman–Crippen LogP) is 4.74. The number of esters is 1. The highest BCUT2D eigenvalue weighted by molar-refractivity contribution is 6.11. The quantitative estimate of drug-likeness (QED) is 0.418. The van der Waals surface area contributed by atoms with Crippen molar-refractivity contribution in [3.05, 3.63) is 89.3 Å². The summed E-state index contributed by atoms with van der Waals surface area (Å²) >= 11 is 0. The molecule has 2 heterocycles. The van der Waals surface area contributed by atoms with Crippen molar-refractivity contribution in [3.8, 4) is 11.5 Å². The number of ether oxygens (including phenoxy) is 3. The topological polar surface area (TPSA) is 70.3 Å². The third-order valence-corrected chi connectivity index (χ3v) is 4.26. The van der Waals surface area contributed by atoms with Crippen molar-refractivity contribution in [3.63, 3.8) is 0 Å². The Morgan fingerprint density at radius 1 is 1.07 bits per heavy atom. The first-order valence-electron chi connectivity index (χ1n) is 9.33. The van der Waals surface area contributed by atoms with Gasteiger partial charge in [-0.15, -0.1) is 0 Å². The summed E-state index contributed by atoms with van der Waals surface area (Å²) in [6.45, 7) is 2.33. The van der Waals surface area contributed by atoms with E-state index in [4.69, 9.17) is 18.6 Å². The first kappa shape index (κ1) is 19.4. The Balaban J connectivity index is 1.56. The van der Waals surface area contributed by atoms with Gasteiger partial charge in [-0.3, -0.25) is 0 Å². The minimum atomic E-state index is -0.570. The highest BCUT2D eigenvalue weighted by Crippen LogP contribution is 2.31. The van der Waals surface area contributed by atoms with Crippen molar-refractivity contribution in [1.82, 2.24) is 0 Å². The lowest BCUT2D eigenvalue weighted by Crippen LogP contribution is -2.04. The molecule has 0 fully saturated rings. The molecular formula is C23H18FNO5. The Hall–Kier alpha value is -3.87. The molecule has 0 N–H and O–H groups in total. The number of carbonyl (C=O) groups is 1. The largest absolute Gasteiger partial charge is 0.490 e. The molecule has 1 aliphatic rings. The summed E-state index contributed by atoms with van der Waals surface area (Å²) < 4.78 is 35.6. The van der Waals surface area contributed by atoms with E-state index in [1.165, 1.54) is 12.3 Å². The number of carbonyl (C=O) groups excluding carboxylic acids is 1. The molecule has 0 saturated carbocycles. The number of cyclic esters (lactones) is 1. The fraction of sp³-hybridized carbons (Fsp3) is 0.130. The van der Waals surface area contributed by atoms with Gasteiger partial charge in [0.05, 0.1) is 12.9 Å². The minimum Gasteiger partial charge on any atom is -0.490 e. The normalized spacial score (nSPS) is 14.5. The van der Waals surface area contributed by atoms with E-state index in [0.717, 1.165) is 0 Å². The van der Waals surface area contributed by atoms with Crippen LogP contribution in [0.3, 0.4) is 0 Å². The molecular weight excluding hydrogens is 389 g/mol. The Morgan fingerprint density at radius 3 is 2.70 bits per heavy atom. The van der Waals surface area contributed by atoms with Gasteiger partial charge >= 0.3 is 5.97 Å². The molecule has 0 amide bonds. The summed E-state index contributed by atoms with van der Waals surface area (Å²) in [6, 6.07) is 14.9. The zero-order valence-corrected chi connectivity index (χ0v) is 16.1. The van der Waals surface area contributed by atoms with Crippen molar-refractivity contribution in [2.24, 2.45) is 4.99 Å². The van der Waals surface area contributed by atoms with E-state index in [0.29, 0.717) is 35.0 Å². The summed E-state index contributed by atoms with van der Waals surface area (Å²) in [5.41, 5.74) is 1.26. The van der Waals surface area contributed by atoms with Crippen molar-refractivity contribution in [2.45, 2.75) is 13.5 Å². The zero-order valence-electron chi connectivity index (χ0n) is 16.1. The second-order valence-corrected chi connectivity index (χ2v) is 6.33. The Bertz CT molecular complexity index is 1120. The molecule has 0 saturated heterocycles. The average Bonchev–Trinajstić information content (AvgIpc) is 3.39. The molecule has 1 aromatic heterocycles. The maximum Gasteiger partial charge on any atom is 0.363 e. The molecule has 0 atom stereocenters. The molecule has 152 valence electrons. The lowest BCUT2D eigenvalue weighted by molar-refractivity contribution is -0.130. The highest BCUT2D eigenvalue weighted by Gasteiger charge is 2.25. The van der Waals surface area contributed by atoms with Crippen LogP contribution in [-0.4, -0.2) is 18.5 Å². The predicted molar refractivity (Wildman–Crippen MR) is 108 cm³/mol. The number of hydrogen-bond donors (Lipinski definition) is 0. The van der Waals surface area contributed by atoms with Crippen molar-refractivity contribution < 1.29 is 27.8 Å². The van der Waals surface area contributed by atoms with Gasteiger partial charge < -0.3 is 18.6 Å². The van der Waals surface area contributed by atoms with E-state index >= 15 is 0 Å². The number of benzene rings is 2. The third-order valence-electron chi connectivity index (χ3n) is 4.26. The summed E-state index contributed by atoms with van der Waals surface area (Å²) in [7, 11) is 0. The van der Waals surface area contributed by atoms with Gasteiger partial charge in [0, 0.05) is 5.56 Å². The van der Waals surface area contributed by atoms with Gasteiger partial charge in [-0.25, -0.2) is 14.2 Å². The third kappa shape index (κ3) is 4.25. The maximum atomic E-state index is 13.8.